The molecule has 1 aliphatic heterocycles. The van der Waals surface area contributed by atoms with Gasteiger partial charge in [-0.05, 0) is 17.7 Å². The van der Waals surface area contributed by atoms with Gasteiger partial charge in [-0.15, -0.1) is 0 Å². The minimum absolute atomic E-state index is 0.0271. The molecular weight excluding hydrogens is 364 g/mol. The second kappa shape index (κ2) is 12.1. The van der Waals surface area contributed by atoms with Crippen molar-refractivity contribution in [3.63, 3.8) is 0 Å². The van der Waals surface area contributed by atoms with E-state index in [0.29, 0.717) is 19.8 Å². The number of carbonyl (C=O) groups is 2. The van der Waals surface area contributed by atoms with E-state index in [1.165, 1.54) is 13.8 Å². The van der Waals surface area contributed by atoms with Crippen molar-refractivity contribution in [3.8, 4) is 0 Å². The van der Waals surface area contributed by atoms with E-state index in [1.807, 2.05) is 42.5 Å². The molecule has 0 fully saturated rings. The third kappa shape index (κ3) is 8.47. The lowest BCUT2D eigenvalue weighted by Gasteiger charge is -2.31. The molecule has 1 heterocycles. The van der Waals surface area contributed by atoms with Crippen LogP contribution in [0.1, 0.15) is 19.4 Å². The van der Waals surface area contributed by atoms with Gasteiger partial charge in [0.15, 0.2) is 6.29 Å². The summed E-state index contributed by atoms with van der Waals surface area (Å²) >= 11 is 0. The zero-order chi connectivity index (χ0) is 20.2. The van der Waals surface area contributed by atoms with Crippen molar-refractivity contribution in [1.82, 2.24) is 0 Å². The molecule has 28 heavy (non-hydrogen) atoms. The molecule has 0 spiro atoms. The minimum atomic E-state index is -0.626. The summed E-state index contributed by atoms with van der Waals surface area (Å²) in [6.07, 6.45) is 5.17. The van der Waals surface area contributed by atoms with Crippen LogP contribution in [0.15, 0.2) is 54.6 Å². The van der Waals surface area contributed by atoms with Crippen LogP contribution in [0, 0.1) is 0 Å². The molecule has 3 atom stereocenters. The topological polar surface area (TPSA) is 80.3 Å². The van der Waals surface area contributed by atoms with Crippen molar-refractivity contribution >= 4 is 11.9 Å². The van der Waals surface area contributed by atoms with Crippen molar-refractivity contribution < 1.29 is 33.3 Å². The van der Waals surface area contributed by atoms with E-state index in [9.17, 15) is 9.59 Å². The number of esters is 2. The fourth-order valence-corrected chi connectivity index (χ4v) is 2.46. The second-order valence-electron chi connectivity index (χ2n) is 6.11. The Morgan fingerprint density at radius 2 is 1.79 bits per heavy atom. The van der Waals surface area contributed by atoms with Gasteiger partial charge in [0.2, 0.25) is 0 Å². The van der Waals surface area contributed by atoms with Gasteiger partial charge in [-0.2, -0.15) is 0 Å². The maximum atomic E-state index is 11.2. The van der Waals surface area contributed by atoms with Crippen molar-refractivity contribution in [1.29, 1.82) is 0 Å². The van der Waals surface area contributed by atoms with E-state index in [0.717, 1.165) is 5.56 Å². The normalized spacial score (nSPS) is 21.6. The molecule has 0 unspecified atom stereocenters. The number of carbonyl (C=O) groups excluding carboxylic acids is 2. The molecule has 0 amide bonds. The smallest absolute Gasteiger partial charge is 0.303 e. The summed E-state index contributed by atoms with van der Waals surface area (Å²) < 4.78 is 27.0. The fraction of sp³-hybridized carbons (Fsp3) is 0.429. The largest absolute Gasteiger partial charge is 0.463 e. The minimum Gasteiger partial charge on any atom is -0.463 e. The Hall–Kier alpha value is -2.48. The monoisotopic (exact) mass is 390 g/mol. The van der Waals surface area contributed by atoms with Gasteiger partial charge in [-0.3, -0.25) is 9.59 Å². The molecule has 7 heteroatoms. The summed E-state index contributed by atoms with van der Waals surface area (Å²) in [5.41, 5.74) is 1.12. The van der Waals surface area contributed by atoms with Crippen molar-refractivity contribution in [2.75, 3.05) is 19.8 Å². The molecule has 0 aromatic heterocycles. The highest BCUT2D eigenvalue weighted by Crippen LogP contribution is 2.18. The second-order valence-corrected chi connectivity index (χ2v) is 6.11. The quantitative estimate of drug-likeness (QED) is 0.345. The molecule has 0 saturated carbocycles. The zero-order valence-electron chi connectivity index (χ0n) is 16.1. The average Bonchev–Trinajstić information content (AvgIpc) is 2.67. The molecule has 0 radical (unpaired) electrons. The van der Waals surface area contributed by atoms with Crippen LogP contribution in [0.5, 0.6) is 0 Å². The third-order valence-electron chi connectivity index (χ3n) is 3.74. The van der Waals surface area contributed by atoms with Crippen LogP contribution in [-0.4, -0.2) is 50.3 Å². The van der Waals surface area contributed by atoms with E-state index in [-0.39, 0.29) is 6.61 Å². The number of hydrogen-bond acceptors (Lipinski definition) is 7. The maximum absolute atomic E-state index is 11.2. The highest BCUT2D eigenvalue weighted by atomic mass is 16.7. The lowest BCUT2D eigenvalue weighted by molar-refractivity contribution is -0.194. The van der Waals surface area contributed by atoms with E-state index in [1.54, 1.807) is 12.2 Å². The molecular formula is C21H26O7. The van der Waals surface area contributed by atoms with Crippen LogP contribution in [-0.2, 0) is 39.9 Å². The molecule has 152 valence electrons. The number of rotatable bonds is 10. The van der Waals surface area contributed by atoms with Crippen LogP contribution in [0.3, 0.4) is 0 Å². The summed E-state index contributed by atoms with van der Waals surface area (Å²) in [6.45, 7) is 3.93. The van der Waals surface area contributed by atoms with Crippen molar-refractivity contribution in [2.45, 2.75) is 39.0 Å². The van der Waals surface area contributed by atoms with Gasteiger partial charge in [-0.25, -0.2) is 0 Å². The molecule has 0 bridgehead atoms. The molecule has 7 nitrogen and oxygen atoms in total. The summed E-state index contributed by atoms with van der Waals surface area (Å²) in [5, 5.41) is 0. The predicted octanol–water partition coefficient (Wildman–Crippen LogP) is 2.55. The first-order valence-corrected chi connectivity index (χ1v) is 9.07. The molecule has 0 N–H and O–H groups in total. The molecule has 1 aliphatic rings. The molecule has 0 aliphatic carbocycles. The molecule has 2 rings (SSSR count). The SMILES string of the molecule is CC(=O)OC[C@H]1O[C@H](OC/C=C/COCc2ccccc2)C=C[C@@H]1OC(C)=O. The number of ether oxygens (including phenoxy) is 5. The number of hydrogen-bond donors (Lipinski definition) is 0. The van der Waals surface area contributed by atoms with E-state index in [2.05, 4.69) is 0 Å². The summed E-state index contributed by atoms with van der Waals surface area (Å²) in [4.78, 5) is 22.2. The third-order valence-corrected chi connectivity index (χ3v) is 3.74. The number of benzene rings is 1. The maximum Gasteiger partial charge on any atom is 0.303 e. The lowest BCUT2D eigenvalue weighted by atomic mass is 10.1. The van der Waals surface area contributed by atoms with Crippen LogP contribution >= 0.6 is 0 Å². The van der Waals surface area contributed by atoms with Gasteiger partial charge in [0.1, 0.15) is 18.8 Å². The Kier molecular flexibility index (Phi) is 9.41. The summed E-state index contributed by atoms with van der Waals surface area (Å²) in [6, 6.07) is 9.93. The van der Waals surface area contributed by atoms with E-state index < -0.39 is 30.4 Å². The van der Waals surface area contributed by atoms with Crippen molar-refractivity contribution in [3.05, 3.63) is 60.2 Å². The first-order valence-electron chi connectivity index (χ1n) is 9.07. The van der Waals surface area contributed by atoms with Crippen LogP contribution < -0.4 is 0 Å². The highest BCUT2D eigenvalue weighted by molar-refractivity contribution is 5.66. The Morgan fingerprint density at radius 1 is 1.04 bits per heavy atom. The highest BCUT2D eigenvalue weighted by Gasteiger charge is 2.30. The summed E-state index contributed by atoms with van der Waals surface area (Å²) in [5.74, 6) is -0.875. The standard InChI is InChI=1S/C21H26O7/c1-16(22)26-15-20-19(27-17(2)23)10-11-21(28-20)25-13-7-6-12-24-14-18-8-4-3-5-9-18/h3-11,19-21H,12-15H2,1-2H3/b7-6+/t19-,20+,21-/m0/s1. The van der Waals surface area contributed by atoms with Crippen LogP contribution in [0.4, 0.5) is 0 Å². The van der Waals surface area contributed by atoms with Gasteiger partial charge in [0, 0.05) is 13.8 Å². The molecule has 0 saturated heterocycles. The molecule has 1 aromatic carbocycles. The van der Waals surface area contributed by atoms with Crippen molar-refractivity contribution in [2.24, 2.45) is 0 Å². The van der Waals surface area contributed by atoms with E-state index in [4.69, 9.17) is 23.7 Å². The first-order chi connectivity index (χ1) is 13.5. The van der Waals surface area contributed by atoms with Gasteiger partial charge in [0.25, 0.3) is 0 Å². The molecule has 1 aromatic rings. The summed E-state index contributed by atoms with van der Waals surface area (Å²) in [7, 11) is 0. The van der Waals surface area contributed by atoms with E-state index >= 15 is 0 Å². The van der Waals surface area contributed by atoms with Gasteiger partial charge in [0.05, 0.1) is 19.8 Å². The Morgan fingerprint density at radius 3 is 2.50 bits per heavy atom. The first kappa shape index (κ1) is 21.8. The Bertz CT molecular complexity index is 669. The lowest BCUT2D eigenvalue weighted by Crippen LogP contribution is -2.42. The average molecular weight is 390 g/mol. The Labute approximate surface area is 164 Å². The van der Waals surface area contributed by atoms with Crippen LogP contribution in [0.2, 0.25) is 0 Å². The predicted molar refractivity (Wildman–Crippen MR) is 101 cm³/mol. The van der Waals surface area contributed by atoms with Gasteiger partial charge < -0.3 is 23.7 Å². The Balaban J connectivity index is 1.70. The zero-order valence-corrected chi connectivity index (χ0v) is 16.1. The van der Waals surface area contributed by atoms with Gasteiger partial charge in [-0.1, -0.05) is 42.5 Å². The van der Waals surface area contributed by atoms with Crippen LogP contribution in [0.25, 0.3) is 0 Å². The fourth-order valence-electron chi connectivity index (χ4n) is 2.46. The van der Waals surface area contributed by atoms with Gasteiger partial charge >= 0.3 is 11.9 Å².